The van der Waals surface area contributed by atoms with Crippen LogP contribution in [0.5, 0.6) is 0 Å². The Labute approximate surface area is 248 Å². The number of ether oxygens (including phenoxy) is 1. The van der Waals surface area contributed by atoms with Gasteiger partial charge in [0, 0.05) is 11.1 Å². The predicted octanol–water partition coefficient (Wildman–Crippen LogP) is 7.18. The highest BCUT2D eigenvalue weighted by Gasteiger charge is 2.32. The minimum absolute atomic E-state index is 0. The molecule has 1 aliphatic rings. The normalized spacial score (nSPS) is 12.6. The number of nitrogens with zero attached hydrogens (tertiary/aromatic N) is 2. The monoisotopic (exact) mass is 578 g/mol. The van der Waals surface area contributed by atoms with Crippen molar-refractivity contribution in [2.75, 3.05) is 47.9 Å². The highest BCUT2D eigenvalue weighted by atomic mass is 35.5. The van der Waals surface area contributed by atoms with E-state index in [1.165, 1.54) is 0 Å². The SMILES string of the molecule is CN(C)CCCC(C)(C)COC(=O)c1ccc2c(c1)C(=O)c1c(CC(C)(C)CCCN(C)C)cccc1-2.Cl.Cl. The Morgan fingerprint density at radius 1 is 0.795 bits per heavy atom. The van der Waals surface area contributed by atoms with E-state index in [9.17, 15) is 9.59 Å². The zero-order valence-corrected chi connectivity index (χ0v) is 26.7. The van der Waals surface area contributed by atoms with Gasteiger partial charge in [-0.15, -0.1) is 24.8 Å². The van der Waals surface area contributed by atoms with Crippen molar-refractivity contribution in [3.63, 3.8) is 0 Å². The molecule has 39 heavy (non-hydrogen) atoms. The average molecular weight is 580 g/mol. The second kappa shape index (κ2) is 14.6. The summed E-state index contributed by atoms with van der Waals surface area (Å²) < 4.78 is 5.70. The fourth-order valence-corrected chi connectivity index (χ4v) is 5.24. The highest BCUT2D eigenvalue weighted by molar-refractivity contribution is 6.23. The Hall–Kier alpha value is -1.92. The number of rotatable bonds is 13. The van der Waals surface area contributed by atoms with Crippen molar-refractivity contribution in [3.8, 4) is 11.1 Å². The molecule has 0 aliphatic heterocycles. The first-order chi connectivity index (χ1) is 17.3. The van der Waals surface area contributed by atoms with Gasteiger partial charge in [-0.3, -0.25) is 4.79 Å². The number of hydrogen-bond donors (Lipinski definition) is 0. The van der Waals surface area contributed by atoms with Crippen molar-refractivity contribution in [3.05, 3.63) is 58.7 Å². The van der Waals surface area contributed by atoms with Gasteiger partial charge in [0.15, 0.2) is 5.78 Å². The predicted molar refractivity (Wildman–Crippen MR) is 167 cm³/mol. The van der Waals surface area contributed by atoms with E-state index < -0.39 is 0 Å². The maximum Gasteiger partial charge on any atom is 0.338 e. The van der Waals surface area contributed by atoms with E-state index in [4.69, 9.17) is 4.74 Å². The van der Waals surface area contributed by atoms with Crippen LogP contribution < -0.4 is 0 Å². The number of benzene rings is 2. The fourth-order valence-electron chi connectivity index (χ4n) is 5.24. The minimum Gasteiger partial charge on any atom is -0.462 e. The summed E-state index contributed by atoms with van der Waals surface area (Å²) in [5, 5.41) is 0. The maximum absolute atomic E-state index is 13.6. The molecule has 3 rings (SSSR count). The summed E-state index contributed by atoms with van der Waals surface area (Å²) in [5.41, 5.74) is 4.82. The van der Waals surface area contributed by atoms with Gasteiger partial charge in [0.2, 0.25) is 0 Å². The van der Waals surface area contributed by atoms with E-state index in [1.54, 1.807) is 12.1 Å². The second-order valence-corrected chi connectivity index (χ2v) is 12.8. The lowest BCUT2D eigenvalue weighted by Crippen LogP contribution is -2.24. The number of fused-ring (bicyclic) bond motifs is 3. The van der Waals surface area contributed by atoms with Gasteiger partial charge < -0.3 is 14.5 Å². The summed E-state index contributed by atoms with van der Waals surface area (Å²) in [6, 6.07) is 11.6. The number of ketones is 1. The molecule has 0 radical (unpaired) electrons. The lowest BCUT2D eigenvalue weighted by Gasteiger charge is -2.26. The Bertz CT molecular complexity index is 1130. The molecule has 0 N–H and O–H groups in total. The van der Waals surface area contributed by atoms with Gasteiger partial charge in [-0.05, 0) is 113 Å². The molecule has 0 fully saturated rings. The molecule has 0 saturated carbocycles. The molecule has 0 amide bonds. The van der Waals surface area contributed by atoms with Gasteiger partial charge in [-0.25, -0.2) is 4.79 Å². The smallest absolute Gasteiger partial charge is 0.338 e. The van der Waals surface area contributed by atoms with Gasteiger partial charge in [-0.2, -0.15) is 0 Å². The van der Waals surface area contributed by atoms with Crippen molar-refractivity contribution in [2.24, 2.45) is 10.8 Å². The summed E-state index contributed by atoms with van der Waals surface area (Å²) in [5.74, 6) is -0.349. The highest BCUT2D eigenvalue weighted by Crippen LogP contribution is 2.41. The summed E-state index contributed by atoms with van der Waals surface area (Å²) in [6.45, 7) is 11.3. The van der Waals surface area contributed by atoms with Crippen LogP contribution in [-0.2, 0) is 11.2 Å². The molecule has 0 bridgehead atoms. The summed E-state index contributed by atoms with van der Waals surface area (Å²) in [6.07, 6.45) is 5.10. The van der Waals surface area contributed by atoms with E-state index in [0.717, 1.165) is 67.4 Å². The van der Waals surface area contributed by atoms with E-state index in [0.29, 0.717) is 17.7 Å². The minimum atomic E-state index is -0.366. The molecule has 2 aromatic rings. The van der Waals surface area contributed by atoms with Crippen LogP contribution in [0.25, 0.3) is 11.1 Å². The van der Waals surface area contributed by atoms with Crippen molar-refractivity contribution >= 4 is 36.6 Å². The molecule has 0 atom stereocenters. The second-order valence-electron chi connectivity index (χ2n) is 12.8. The summed E-state index contributed by atoms with van der Waals surface area (Å²) in [7, 11) is 8.34. The van der Waals surface area contributed by atoms with Crippen LogP contribution in [0.2, 0.25) is 0 Å². The van der Waals surface area contributed by atoms with Gasteiger partial charge in [0.05, 0.1) is 12.2 Å². The third-order valence-corrected chi connectivity index (χ3v) is 7.35. The Morgan fingerprint density at radius 3 is 1.97 bits per heavy atom. The number of halogens is 2. The molecule has 5 nitrogen and oxygen atoms in total. The zero-order valence-electron chi connectivity index (χ0n) is 25.1. The molecule has 0 saturated heterocycles. The van der Waals surface area contributed by atoms with E-state index in [-0.39, 0.29) is 47.4 Å². The molecule has 0 spiro atoms. The zero-order chi connectivity index (χ0) is 27.4. The topological polar surface area (TPSA) is 49.9 Å². The van der Waals surface area contributed by atoms with Crippen molar-refractivity contribution < 1.29 is 14.3 Å². The molecule has 0 heterocycles. The number of carbonyl (C=O) groups excluding carboxylic acids is 2. The number of hydrogen-bond acceptors (Lipinski definition) is 5. The van der Waals surface area contributed by atoms with Crippen molar-refractivity contribution in [2.45, 2.75) is 59.8 Å². The Morgan fingerprint density at radius 2 is 1.38 bits per heavy atom. The fraction of sp³-hybridized carbons (Fsp3) is 0.562. The Kier molecular flexibility index (Phi) is 13.2. The van der Waals surface area contributed by atoms with Gasteiger partial charge >= 0.3 is 5.97 Å². The third-order valence-electron chi connectivity index (χ3n) is 7.35. The molecule has 0 aromatic heterocycles. The Balaban J connectivity index is 0.00000380. The molecular weight excluding hydrogens is 531 g/mol. The third kappa shape index (κ3) is 9.60. The van der Waals surface area contributed by atoms with Gasteiger partial charge in [0.25, 0.3) is 0 Å². The van der Waals surface area contributed by atoms with Crippen LogP contribution in [0.4, 0.5) is 0 Å². The molecule has 7 heteroatoms. The van der Waals surface area contributed by atoms with Crippen LogP contribution in [0.15, 0.2) is 36.4 Å². The van der Waals surface area contributed by atoms with Gasteiger partial charge in [0.1, 0.15) is 0 Å². The van der Waals surface area contributed by atoms with Crippen LogP contribution in [0.3, 0.4) is 0 Å². The average Bonchev–Trinajstić information content (AvgIpc) is 3.09. The number of esters is 1. The van der Waals surface area contributed by atoms with Crippen LogP contribution in [0.1, 0.15) is 85.2 Å². The molecular formula is C32H48Cl2N2O3. The van der Waals surface area contributed by atoms with Crippen molar-refractivity contribution in [1.29, 1.82) is 0 Å². The van der Waals surface area contributed by atoms with E-state index in [1.807, 2.05) is 18.2 Å². The molecule has 1 aliphatic carbocycles. The lowest BCUT2D eigenvalue weighted by atomic mass is 9.79. The molecule has 2 aromatic carbocycles. The number of carbonyl (C=O) groups is 2. The summed E-state index contributed by atoms with van der Waals surface area (Å²) in [4.78, 5) is 30.9. The first kappa shape index (κ1) is 35.1. The first-order valence-corrected chi connectivity index (χ1v) is 13.6. The molecule has 218 valence electrons. The quantitative estimate of drug-likeness (QED) is 0.201. The van der Waals surface area contributed by atoms with E-state index in [2.05, 4.69) is 71.8 Å². The maximum atomic E-state index is 13.6. The molecule has 0 unspecified atom stereocenters. The van der Waals surface area contributed by atoms with Gasteiger partial charge in [-0.1, -0.05) is 52.0 Å². The van der Waals surface area contributed by atoms with Crippen LogP contribution in [0, 0.1) is 10.8 Å². The summed E-state index contributed by atoms with van der Waals surface area (Å²) >= 11 is 0. The van der Waals surface area contributed by atoms with Crippen LogP contribution in [-0.4, -0.2) is 69.4 Å². The first-order valence-electron chi connectivity index (χ1n) is 13.6. The standard InChI is InChI=1S/C32H46N2O3.2ClH/c1-31(2,16-10-18-33(5)6)21-24-12-9-13-26-25-15-14-23(20-27(25)29(35)28(24)26)30(36)37-22-32(3,4)17-11-19-34(7)8;;/h9,12-15,20H,10-11,16-19,21-22H2,1-8H3;2*1H. The van der Waals surface area contributed by atoms with Crippen molar-refractivity contribution in [1.82, 2.24) is 9.80 Å². The van der Waals surface area contributed by atoms with E-state index >= 15 is 0 Å². The lowest BCUT2D eigenvalue weighted by molar-refractivity contribution is 0.0321. The van der Waals surface area contributed by atoms with Crippen LogP contribution >= 0.6 is 24.8 Å². The largest absolute Gasteiger partial charge is 0.462 e.